The fourth-order valence-corrected chi connectivity index (χ4v) is 2.54. The number of benzene rings is 1. The SMILES string of the molecule is COc1ccc(OCCN(C)CC2CCCCN2)cc1. The van der Waals surface area contributed by atoms with E-state index in [0.29, 0.717) is 6.04 Å². The van der Waals surface area contributed by atoms with Gasteiger partial charge in [-0.3, -0.25) is 0 Å². The molecule has 1 aliphatic rings. The first-order chi connectivity index (χ1) is 9.78. The lowest BCUT2D eigenvalue weighted by atomic mass is 10.0. The first-order valence-electron chi connectivity index (χ1n) is 7.46. The Bertz CT molecular complexity index is 375. The highest BCUT2D eigenvalue weighted by Crippen LogP contribution is 2.16. The van der Waals surface area contributed by atoms with Gasteiger partial charge in [0.05, 0.1) is 7.11 Å². The Morgan fingerprint density at radius 1 is 1.20 bits per heavy atom. The van der Waals surface area contributed by atoms with Crippen LogP contribution in [-0.4, -0.2) is 51.3 Å². The molecule has 4 nitrogen and oxygen atoms in total. The number of hydrogen-bond acceptors (Lipinski definition) is 4. The Labute approximate surface area is 122 Å². The van der Waals surface area contributed by atoms with Crippen molar-refractivity contribution in [2.45, 2.75) is 25.3 Å². The van der Waals surface area contributed by atoms with Gasteiger partial charge in [-0.05, 0) is 50.7 Å². The summed E-state index contributed by atoms with van der Waals surface area (Å²) in [5, 5.41) is 3.57. The zero-order valence-corrected chi connectivity index (χ0v) is 12.6. The van der Waals surface area contributed by atoms with Crippen LogP contribution in [0.5, 0.6) is 11.5 Å². The van der Waals surface area contributed by atoms with Gasteiger partial charge in [-0.25, -0.2) is 0 Å². The number of likely N-dealkylation sites (N-methyl/N-ethyl adjacent to an activating group) is 1. The van der Waals surface area contributed by atoms with E-state index < -0.39 is 0 Å². The van der Waals surface area contributed by atoms with Crippen molar-refractivity contribution in [2.75, 3.05) is 40.4 Å². The number of piperidine rings is 1. The minimum Gasteiger partial charge on any atom is -0.497 e. The van der Waals surface area contributed by atoms with Gasteiger partial charge in [0.15, 0.2) is 0 Å². The summed E-state index contributed by atoms with van der Waals surface area (Å²) < 4.78 is 10.9. The molecule has 20 heavy (non-hydrogen) atoms. The highest BCUT2D eigenvalue weighted by molar-refractivity contribution is 5.31. The average molecular weight is 278 g/mol. The van der Waals surface area contributed by atoms with Gasteiger partial charge in [-0.15, -0.1) is 0 Å². The van der Waals surface area contributed by atoms with E-state index in [4.69, 9.17) is 9.47 Å². The molecular weight excluding hydrogens is 252 g/mol. The van der Waals surface area contributed by atoms with E-state index in [1.165, 1.54) is 25.8 Å². The second-order valence-corrected chi connectivity index (χ2v) is 5.43. The van der Waals surface area contributed by atoms with Crippen molar-refractivity contribution in [1.29, 1.82) is 0 Å². The van der Waals surface area contributed by atoms with E-state index in [9.17, 15) is 0 Å². The van der Waals surface area contributed by atoms with Gasteiger partial charge in [0, 0.05) is 19.1 Å². The summed E-state index contributed by atoms with van der Waals surface area (Å²) in [6.45, 7) is 3.94. The predicted octanol–water partition coefficient (Wildman–Crippen LogP) is 2.15. The van der Waals surface area contributed by atoms with Crippen molar-refractivity contribution in [3.05, 3.63) is 24.3 Å². The van der Waals surface area contributed by atoms with Crippen LogP contribution in [0.4, 0.5) is 0 Å². The maximum absolute atomic E-state index is 5.75. The second-order valence-electron chi connectivity index (χ2n) is 5.43. The van der Waals surface area contributed by atoms with Crippen LogP contribution < -0.4 is 14.8 Å². The smallest absolute Gasteiger partial charge is 0.119 e. The molecule has 0 radical (unpaired) electrons. The third-order valence-electron chi connectivity index (χ3n) is 3.75. The molecule has 1 atom stereocenters. The standard InChI is InChI=1S/C16H26N2O2/c1-18(13-14-5-3-4-10-17-14)11-12-20-16-8-6-15(19-2)7-9-16/h6-9,14,17H,3-5,10-13H2,1-2H3. The minimum atomic E-state index is 0.648. The van der Waals surface area contributed by atoms with Gasteiger partial charge in [-0.1, -0.05) is 6.42 Å². The van der Waals surface area contributed by atoms with Crippen molar-refractivity contribution >= 4 is 0 Å². The monoisotopic (exact) mass is 278 g/mol. The summed E-state index contributed by atoms with van der Waals surface area (Å²) in [5.41, 5.74) is 0. The van der Waals surface area contributed by atoms with Crippen molar-refractivity contribution in [3.63, 3.8) is 0 Å². The summed E-state index contributed by atoms with van der Waals surface area (Å²) in [6, 6.07) is 8.38. The van der Waals surface area contributed by atoms with Crippen LogP contribution in [0.3, 0.4) is 0 Å². The minimum absolute atomic E-state index is 0.648. The Kier molecular flexibility index (Phi) is 6.15. The Balaban J connectivity index is 1.63. The van der Waals surface area contributed by atoms with Gasteiger partial charge in [-0.2, -0.15) is 0 Å². The van der Waals surface area contributed by atoms with E-state index in [0.717, 1.165) is 31.2 Å². The maximum atomic E-state index is 5.75. The van der Waals surface area contributed by atoms with Gasteiger partial charge < -0.3 is 19.7 Å². The molecule has 0 bridgehead atoms. The number of nitrogens with zero attached hydrogens (tertiary/aromatic N) is 1. The number of rotatable bonds is 7. The third-order valence-corrected chi connectivity index (χ3v) is 3.75. The quantitative estimate of drug-likeness (QED) is 0.828. The first kappa shape index (κ1) is 15.1. The largest absolute Gasteiger partial charge is 0.497 e. The van der Waals surface area contributed by atoms with Crippen molar-refractivity contribution < 1.29 is 9.47 Å². The molecule has 1 aromatic rings. The maximum Gasteiger partial charge on any atom is 0.119 e. The number of nitrogens with one attached hydrogen (secondary N) is 1. The molecule has 1 saturated heterocycles. The number of hydrogen-bond donors (Lipinski definition) is 1. The topological polar surface area (TPSA) is 33.7 Å². The molecule has 1 heterocycles. The molecule has 0 amide bonds. The lowest BCUT2D eigenvalue weighted by molar-refractivity contribution is 0.211. The van der Waals surface area contributed by atoms with E-state index in [1.54, 1.807) is 7.11 Å². The summed E-state index contributed by atoms with van der Waals surface area (Å²) in [4.78, 5) is 2.34. The molecule has 1 aliphatic heterocycles. The van der Waals surface area contributed by atoms with Crippen LogP contribution in [0.2, 0.25) is 0 Å². The third kappa shape index (κ3) is 5.02. The predicted molar refractivity (Wildman–Crippen MR) is 81.6 cm³/mol. The number of ether oxygens (including phenoxy) is 2. The summed E-state index contributed by atoms with van der Waals surface area (Å²) in [5.74, 6) is 1.76. The van der Waals surface area contributed by atoms with E-state index >= 15 is 0 Å². The molecular formula is C16H26N2O2. The van der Waals surface area contributed by atoms with E-state index in [-0.39, 0.29) is 0 Å². The molecule has 4 heteroatoms. The van der Waals surface area contributed by atoms with E-state index in [2.05, 4.69) is 17.3 Å². The fraction of sp³-hybridized carbons (Fsp3) is 0.625. The Morgan fingerprint density at radius 3 is 2.60 bits per heavy atom. The summed E-state index contributed by atoms with van der Waals surface area (Å²) >= 11 is 0. The molecule has 1 unspecified atom stereocenters. The molecule has 0 aromatic heterocycles. The second kappa shape index (κ2) is 8.12. The van der Waals surface area contributed by atoms with Gasteiger partial charge in [0.25, 0.3) is 0 Å². The molecule has 0 saturated carbocycles. The van der Waals surface area contributed by atoms with Crippen LogP contribution in [0.25, 0.3) is 0 Å². The van der Waals surface area contributed by atoms with Gasteiger partial charge in [0.2, 0.25) is 0 Å². The molecule has 2 rings (SSSR count). The number of methoxy groups -OCH3 is 1. The normalized spacial score (nSPS) is 19.1. The van der Waals surface area contributed by atoms with Crippen molar-refractivity contribution in [3.8, 4) is 11.5 Å². The van der Waals surface area contributed by atoms with Crippen molar-refractivity contribution in [2.24, 2.45) is 0 Å². The van der Waals surface area contributed by atoms with Gasteiger partial charge >= 0.3 is 0 Å². The lowest BCUT2D eigenvalue weighted by Gasteiger charge is -2.28. The van der Waals surface area contributed by atoms with Crippen LogP contribution >= 0.6 is 0 Å². The van der Waals surface area contributed by atoms with Crippen LogP contribution in [-0.2, 0) is 0 Å². The lowest BCUT2D eigenvalue weighted by Crippen LogP contribution is -2.43. The average Bonchev–Trinajstić information content (AvgIpc) is 2.49. The highest BCUT2D eigenvalue weighted by Gasteiger charge is 2.14. The van der Waals surface area contributed by atoms with Crippen LogP contribution in [0, 0.1) is 0 Å². The van der Waals surface area contributed by atoms with Crippen LogP contribution in [0.1, 0.15) is 19.3 Å². The zero-order chi connectivity index (χ0) is 14.2. The van der Waals surface area contributed by atoms with Gasteiger partial charge in [0.1, 0.15) is 18.1 Å². The highest BCUT2D eigenvalue weighted by atomic mass is 16.5. The molecule has 112 valence electrons. The summed E-state index contributed by atoms with van der Waals surface area (Å²) in [7, 11) is 3.83. The Hall–Kier alpha value is -1.26. The molecule has 1 aromatic carbocycles. The van der Waals surface area contributed by atoms with E-state index in [1.807, 2.05) is 24.3 Å². The molecule has 0 aliphatic carbocycles. The zero-order valence-electron chi connectivity index (χ0n) is 12.6. The molecule has 0 spiro atoms. The van der Waals surface area contributed by atoms with Crippen LogP contribution in [0.15, 0.2) is 24.3 Å². The molecule has 1 fully saturated rings. The Morgan fingerprint density at radius 2 is 1.95 bits per heavy atom. The first-order valence-corrected chi connectivity index (χ1v) is 7.46. The fourth-order valence-electron chi connectivity index (χ4n) is 2.54. The van der Waals surface area contributed by atoms with Crippen molar-refractivity contribution in [1.82, 2.24) is 10.2 Å². The molecule has 1 N–H and O–H groups in total. The summed E-state index contributed by atoms with van der Waals surface area (Å²) in [6.07, 6.45) is 3.97.